The van der Waals surface area contributed by atoms with Crippen molar-refractivity contribution in [2.45, 2.75) is 64.2 Å². The second kappa shape index (κ2) is 9.56. The highest BCUT2D eigenvalue weighted by Gasteiger charge is 2.42. The molecule has 1 fully saturated rings. The summed E-state index contributed by atoms with van der Waals surface area (Å²) in [5.74, 6) is -0.353. The fourth-order valence-corrected chi connectivity index (χ4v) is 5.31. The molecule has 2 aliphatic rings. The molecule has 2 atom stereocenters. The van der Waals surface area contributed by atoms with Crippen molar-refractivity contribution in [2.75, 3.05) is 13.2 Å². The highest BCUT2D eigenvalue weighted by Crippen LogP contribution is 2.36. The van der Waals surface area contributed by atoms with Crippen molar-refractivity contribution in [2.24, 2.45) is 5.92 Å². The van der Waals surface area contributed by atoms with Gasteiger partial charge in [0.05, 0.1) is 25.7 Å². The van der Waals surface area contributed by atoms with Crippen LogP contribution in [0.1, 0.15) is 55.5 Å². The molecule has 1 heterocycles. The average Bonchev–Trinajstić information content (AvgIpc) is 3.34. The minimum absolute atomic E-state index is 0.0463. The highest BCUT2D eigenvalue weighted by molar-refractivity contribution is 5.71. The van der Waals surface area contributed by atoms with Gasteiger partial charge < -0.3 is 14.6 Å². The van der Waals surface area contributed by atoms with Gasteiger partial charge in [0.1, 0.15) is 6.10 Å². The first-order valence-electron chi connectivity index (χ1n) is 11.7. The standard InChI is InChI=1S/C27H33NO5/c1-18(24-11-7-6-10-22(24)14-25(29)30)32-17-23-16-28(26(31)33-23)27(2,3)15-19-12-20-8-4-5-9-21(20)13-19/h4-11,18-19,23H,12-17H2,1-3H3,(H,29,30)/t18-,23-/m1/s1. The van der Waals surface area contributed by atoms with Gasteiger partial charge in [-0.25, -0.2) is 4.79 Å². The highest BCUT2D eigenvalue weighted by atomic mass is 16.6. The molecule has 2 aromatic rings. The number of carboxylic acids is 1. The smallest absolute Gasteiger partial charge is 0.410 e. The Hall–Kier alpha value is -2.86. The third-order valence-electron chi connectivity index (χ3n) is 6.90. The number of fused-ring (bicyclic) bond motifs is 1. The summed E-state index contributed by atoms with van der Waals surface area (Å²) in [6.07, 6.45) is 2.07. The summed E-state index contributed by atoms with van der Waals surface area (Å²) in [6, 6.07) is 16.0. The molecule has 1 saturated heterocycles. The van der Waals surface area contributed by atoms with Gasteiger partial charge in [0.2, 0.25) is 0 Å². The molecule has 0 bridgehead atoms. The van der Waals surface area contributed by atoms with E-state index >= 15 is 0 Å². The molecule has 1 N–H and O–H groups in total. The summed E-state index contributed by atoms with van der Waals surface area (Å²) in [6.45, 7) is 6.90. The number of amides is 1. The van der Waals surface area contributed by atoms with Gasteiger partial charge in [-0.1, -0.05) is 48.5 Å². The molecule has 2 aromatic carbocycles. The Morgan fingerprint density at radius 3 is 2.45 bits per heavy atom. The molecule has 6 nitrogen and oxygen atoms in total. The van der Waals surface area contributed by atoms with Gasteiger partial charge in [0, 0.05) is 5.54 Å². The molecule has 0 unspecified atom stereocenters. The first kappa shape index (κ1) is 23.3. The summed E-state index contributed by atoms with van der Waals surface area (Å²) in [7, 11) is 0. The lowest BCUT2D eigenvalue weighted by Gasteiger charge is -2.35. The molecule has 4 rings (SSSR count). The van der Waals surface area contributed by atoms with Gasteiger partial charge in [0.15, 0.2) is 0 Å². The number of ether oxygens (including phenoxy) is 2. The molecule has 0 radical (unpaired) electrons. The van der Waals surface area contributed by atoms with Crippen LogP contribution >= 0.6 is 0 Å². The SMILES string of the molecule is C[C@@H](OC[C@H]1CN(C(C)(C)CC2Cc3ccccc3C2)C(=O)O1)c1ccccc1CC(=O)O. The van der Waals surface area contributed by atoms with Gasteiger partial charge in [-0.2, -0.15) is 0 Å². The number of hydrogen-bond donors (Lipinski definition) is 1. The van der Waals surface area contributed by atoms with Crippen LogP contribution < -0.4 is 0 Å². The lowest BCUT2D eigenvalue weighted by atomic mass is 9.87. The van der Waals surface area contributed by atoms with E-state index in [-0.39, 0.29) is 36.9 Å². The second-order valence-corrected chi connectivity index (χ2v) is 9.92. The van der Waals surface area contributed by atoms with Crippen LogP contribution in [0.5, 0.6) is 0 Å². The monoisotopic (exact) mass is 451 g/mol. The van der Waals surface area contributed by atoms with Crippen molar-refractivity contribution < 1.29 is 24.2 Å². The predicted octanol–water partition coefficient (Wildman–Crippen LogP) is 4.80. The molecule has 1 aliphatic carbocycles. The van der Waals surface area contributed by atoms with Crippen molar-refractivity contribution in [3.05, 3.63) is 70.8 Å². The maximum absolute atomic E-state index is 12.7. The number of nitrogens with zero attached hydrogens (tertiary/aromatic N) is 1. The van der Waals surface area contributed by atoms with Gasteiger partial charge in [-0.3, -0.25) is 9.69 Å². The van der Waals surface area contributed by atoms with Crippen molar-refractivity contribution >= 4 is 12.1 Å². The lowest BCUT2D eigenvalue weighted by molar-refractivity contribution is -0.136. The van der Waals surface area contributed by atoms with Crippen LogP contribution in [-0.4, -0.2) is 46.9 Å². The summed E-state index contributed by atoms with van der Waals surface area (Å²) < 4.78 is 11.7. The van der Waals surface area contributed by atoms with Crippen LogP contribution in [-0.2, 0) is 33.5 Å². The van der Waals surface area contributed by atoms with E-state index in [4.69, 9.17) is 14.6 Å². The van der Waals surface area contributed by atoms with Crippen LogP contribution in [0, 0.1) is 5.92 Å². The molecule has 0 spiro atoms. The fraction of sp³-hybridized carbons (Fsp3) is 0.481. The Kier molecular flexibility index (Phi) is 6.75. The molecule has 0 aromatic heterocycles. The summed E-state index contributed by atoms with van der Waals surface area (Å²) in [5.41, 5.74) is 4.12. The van der Waals surface area contributed by atoms with Crippen LogP contribution in [0.25, 0.3) is 0 Å². The van der Waals surface area contributed by atoms with E-state index < -0.39 is 5.97 Å². The summed E-state index contributed by atoms with van der Waals surface area (Å²) in [4.78, 5) is 25.7. The zero-order valence-corrected chi connectivity index (χ0v) is 19.6. The topological polar surface area (TPSA) is 76.1 Å². The molecule has 1 aliphatic heterocycles. The zero-order chi connectivity index (χ0) is 23.6. The maximum atomic E-state index is 12.7. The number of cyclic esters (lactones) is 1. The Morgan fingerprint density at radius 2 is 1.79 bits per heavy atom. The van der Waals surface area contributed by atoms with E-state index in [2.05, 4.69) is 38.1 Å². The van der Waals surface area contributed by atoms with E-state index in [0.717, 1.165) is 30.4 Å². The van der Waals surface area contributed by atoms with E-state index in [1.165, 1.54) is 11.1 Å². The minimum Gasteiger partial charge on any atom is -0.481 e. The van der Waals surface area contributed by atoms with Crippen molar-refractivity contribution in [1.82, 2.24) is 4.90 Å². The summed E-state index contributed by atoms with van der Waals surface area (Å²) >= 11 is 0. The second-order valence-electron chi connectivity index (χ2n) is 9.92. The number of rotatable bonds is 9. The van der Waals surface area contributed by atoms with E-state index in [1.54, 1.807) is 0 Å². The van der Waals surface area contributed by atoms with Crippen molar-refractivity contribution in [1.29, 1.82) is 0 Å². The van der Waals surface area contributed by atoms with E-state index in [9.17, 15) is 9.59 Å². The quantitative estimate of drug-likeness (QED) is 0.593. The van der Waals surface area contributed by atoms with Gasteiger partial charge in [0.25, 0.3) is 0 Å². The Bertz CT molecular complexity index is 992. The van der Waals surface area contributed by atoms with E-state index in [0.29, 0.717) is 12.5 Å². The van der Waals surface area contributed by atoms with Crippen LogP contribution in [0.3, 0.4) is 0 Å². The average molecular weight is 452 g/mol. The molecule has 0 saturated carbocycles. The Morgan fingerprint density at radius 1 is 1.15 bits per heavy atom. The van der Waals surface area contributed by atoms with Gasteiger partial charge in [-0.15, -0.1) is 0 Å². The van der Waals surface area contributed by atoms with E-state index in [1.807, 2.05) is 36.1 Å². The predicted molar refractivity (Wildman–Crippen MR) is 125 cm³/mol. The molecule has 6 heteroatoms. The first-order chi connectivity index (χ1) is 15.7. The zero-order valence-electron chi connectivity index (χ0n) is 19.6. The number of carboxylic acid groups (broad SMARTS) is 1. The van der Waals surface area contributed by atoms with Gasteiger partial charge >= 0.3 is 12.1 Å². The van der Waals surface area contributed by atoms with Crippen molar-refractivity contribution in [3.63, 3.8) is 0 Å². The Balaban J connectivity index is 1.32. The van der Waals surface area contributed by atoms with Crippen molar-refractivity contribution in [3.8, 4) is 0 Å². The third kappa shape index (κ3) is 5.38. The molecular weight excluding hydrogens is 418 g/mol. The third-order valence-corrected chi connectivity index (χ3v) is 6.90. The minimum atomic E-state index is -0.873. The molecular formula is C27H33NO5. The molecule has 1 amide bonds. The van der Waals surface area contributed by atoms with Crippen LogP contribution in [0.4, 0.5) is 4.79 Å². The normalized spacial score (nSPS) is 19.4. The molecule has 33 heavy (non-hydrogen) atoms. The maximum Gasteiger partial charge on any atom is 0.410 e. The lowest BCUT2D eigenvalue weighted by Crippen LogP contribution is -2.46. The largest absolute Gasteiger partial charge is 0.481 e. The van der Waals surface area contributed by atoms with Crippen LogP contribution in [0.15, 0.2) is 48.5 Å². The number of hydrogen-bond acceptors (Lipinski definition) is 4. The van der Waals surface area contributed by atoms with Crippen LogP contribution in [0.2, 0.25) is 0 Å². The summed E-state index contributed by atoms with van der Waals surface area (Å²) in [5, 5.41) is 9.16. The first-order valence-corrected chi connectivity index (χ1v) is 11.7. The number of carbonyl (C=O) groups is 2. The van der Waals surface area contributed by atoms with Gasteiger partial charge in [-0.05, 0) is 68.2 Å². The number of aliphatic carboxylic acids is 1. The Labute approximate surface area is 195 Å². The number of benzene rings is 2. The molecule has 176 valence electrons. The fourth-order valence-electron chi connectivity index (χ4n) is 5.31. The number of carbonyl (C=O) groups excluding carboxylic acids is 1.